The zero-order valence-corrected chi connectivity index (χ0v) is 21.6. The molecular formula is C29H34N2O4S. The van der Waals surface area contributed by atoms with Crippen molar-refractivity contribution in [3.05, 3.63) is 65.2 Å². The van der Waals surface area contributed by atoms with E-state index in [4.69, 9.17) is 8.42 Å². The van der Waals surface area contributed by atoms with Gasteiger partial charge in [0.25, 0.3) is 5.91 Å². The lowest BCUT2D eigenvalue weighted by Crippen LogP contribution is -2.69. The number of phenols is 1. The fraction of sp³-hybridized carbons (Fsp3) is 0.552. The summed E-state index contributed by atoms with van der Waals surface area (Å²) in [6.45, 7) is 5.55. The van der Waals surface area contributed by atoms with Gasteiger partial charge in [-0.3, -0.25) is 9.69 Å². The molecule has 190 valence electrons. The number of hydrogen-bond acceptors (Lipinski definition) is 5. The Labute approximate surface area is 216 Å². The van der Waals surface area contributed by atoms with E-state index in [1.54, 1.807) is 0 Å². The Morgan fingerprint density at radius 2 is 1.92 bits per heavy atom. The van der Waals surface area contributed by atoms with Crippen LogP contribution in [0.25, 0.3) is 0 Å². The summed E-state index contributed by atoms with van der Waals surface area (Å²) in [5, 5.41) is 10.6. The lowest BCUT2D eigenvalue weighted by molar-refractivity contribution is -0.101. The van der Waals surface area contributed by atoms with Crippen LogP contribution in [0.5, 0.6) is 5.75 Å². The quantitative estimate of drug-likeness (QED) is 0.682. The van der Waals surface area contributed by atoms with Crippen LogP contribution in [0.3, 0.4) is 0 Å². The maximum Gasteiger partial charge on any atom is 0.335 e. The normalized spacial score (nSPS) is 35.3. The Balaban J connectivity index is 0.000000765. The van der Waals surface area contributed by atoms with Crippen LogP contribution in [-0.4, -0.2) is 60.9 Å². The van der Waals surface area contributed by atoms with E-state index < -0.39 is 11.6 Å². The number of benzene rings is 2. The van der Waals surface area contributed by atoms with E-state index in [2.05, 4.69) is 28.9 Å². The average molecular weight is 507 g/mol. The SMILES string of the molecule is CCCN1CCC23c4cc(O)ccc4CC1C21CCC2C3[C@@H](CN2C(=O)c2ccccc2)C1.O=S=O. The van der Waals surface area contributed by atoms with Crippen LogP contribution < -0.4 is 0 Å². The molecule has 0 radical (unpaired) electrons. The van der Waals surface area contributed by atoms with Crippen LogP contribution in [0, 0.1) is 17.3 Å². The van der Waals surface area contributed by atoms with Gasteiger partial charge in [0.05, 0.1) is 0 Å². The minimum absolute atomic E-state index is 0.105. The minimum atomic E-state index is -0.750. The lowest BCUT2D eigenvalue weighted by atomic mass is 9.43. The number of aromatic hydroxyl groups is 1. The van der Waals surface area contributed by atoms with E-state index in [1.807, 2.05) is 36.4 Å². The molecule has 4 fully saturated rings. The Morgan fingerprint density at radius 1 is 1.14 bits per heavy atom. The van der Waals surface area contributed by atoms with Gasteiger partial charge in [-0.2, -0.15) is 8.42 Å². The summed E-state index contributed by atoms with van der Waals surface area (Å²) in [5.74, 6) is 1.71. The first kappa shape index (κ1) is 23.9. The number of fused-ring (bicyclic) bond motifs is 1. The van der Waals surface area contributed by atoms with Gasteiger partial charge in [-0.25, -0.2) is 0 Å². The van der Waals surface area contributed by atoms with Crippen molar-refractivity contribution in [2.45, 2.75) is 62.9 Å². The van der Waals surface area contributed by atoms with Crippen LogP contribution >= 0.6 is 0 Å². The summed E-state index contributed by atoms with van der Waals surface area (Å²) in [5.41, 5.74) is 4.11. The van der Waals surface area contributed by atoms with Gasteiger partial charge in [0.2, 0.25) is 0 Å². The van der Waals surface area contributed by atoms with Crippen molar-refractivity contribution < 1.29 is 18.3 Å². The van der Waals surface area contributed by atoms with Crippen molar-refractivity contribution in [2.24, 2.45) is 17.3 Å². The molecule has 2 aromatic rings. The molecule has 0 aromatic heterocycles. The van der Waals surface area contributed by atoms with Gasteiger partial charge >= 0.3 is 11.6 Å². The fourth-order valence-corrected chi connectivity index (χ4v) is 9.63. The summed E-state index contributed by atoms with van der Waals surface area (Å²) in [6.07, 6.45) is 7.08. The van der Waals surface area contributed by atoms with E-state index in [1.165, 1.54) is 43.4 Å². The van der Waals surface area contributed by atoms with Gasteiger partial charge in [0.1, 0.15) is 5.75 Å². The highest BCUT2D eigenvalue weighted by atomic mass is 32.1. The largest absolute Gasteiger partial charge is 0.508 e. The number of nitrogens with zero attached hydrogens (tertiary/aromatic N) is 2. The Kier molecular flexibility index (Phi) is 5.84. The van der Waals surface area contributed by atoms with E-state index in [0.29, 0.717) is 35.1 Å². The highest BCUT2D eigenvalue weighted by molar-refractivity contribution is 7.51. The number of rotatable bonds is 3. The lowest BCUT2D eigenvalue weighted by Gasteiger charge is -2.66. The number of likely N-dealkylation sites (tertiary alicyclic amines) is 2. The minimum Gasteiger partial charge on any atom is -0.508 e. The number of hydrogen-bond donors (Lipinski definition) is 1. The second-order valence-corrected chi connectivity index (χ2v) is 11.6. The van der Waals surface area contributed by atoms with Gasteiger partial charge in [0, 0.05) is 29.6 Å². The van der Waals surface area contributed by atoms with E-state index in [0.717, 1.165) is 31.5 Å². The van der Waals surface area contributed by atoms with Gasteiger partial charge < -0.3 is 10.0 Å². The zero-order chi connectivity index (χ0) is 25.1. The molecule has 0 spiro atoms. The van der Waals surface area contributed by atoms with Crippen molar-refractivity contribution in [3.8, 4) is 5.75 Å². The summed E-state index contributed by atoms with van der Waals surface area (Å²) >= 11 is -0.750. The summed E-state index contributed by atoms with van der Waals surface area (Å²) in [4.78, 5) is 18.7. The molecule has 2 saturated carbocycles. The van der Waals surface area contributed by atoms with E-state index in [-0.39, 0.29) is 11.3 Å². The average Bonchev–Trinajstić information content (AvgIpc) is 3.33. The van der Waals surface area contributed by atoms with E-state index >= 15 is 0 Å². The molecule has 3 aliphatic carbocycles. The molecule has 2 aliphatic heterocycles. The van der Waals surface area contributed by atoms with Gasteiger partial charge in [-0.15, -0.1) is 0 Å². The second kappa shape index (κ2) is 8.80. The van der Waals surface area contributed by atoms with Crippen molar-refractivity contribution in [3.63, 3.8) is 0 Å². The Hall–Kier alpha value is -2.51. The Morgan fingerprint density at radius 3 is 2.67 bits per heavy atom. The summed E-state index contributed by atoms with van der Waals surface area (Å²) in [6, 6.07) is 17.0. The third kappa shape index (κ3) is 3.08. The zero-order valence-electron chi connectivity index (χ0n) is 20.8. The molecule has 2 heterocycles. The monoisotopic (exact) mass is 506 g/mol. The highest BCUT2D eigenvalue weighted by Crippen LogP contribution is 2.75. The third-order valence-electron chi connectivity index (χ3n) is 10.4. The third-order valence-corrected chi connectivity index (χ3v) is 10.4. The molecule has 36 heavy (non-hydrogen) atoms. The van der Waals surface area contributed by atoms with Gasteiger partial charge in [0.15, 0.2) is 0 Å². The molecule has 5 unspecified atom stereocenters. The molecule has 2 aromatic carbocycles. The molecule has 1 N–H and O–H groups in total. The number of amides is 1. The number of phenolic OH excluding ortho intramolecular Hbond substituents is 1. The molecule has 6 nitrogen and oxygen atoms in total. The first-order valence-electron chi connectivity index (χ1n) is 13.3. The van der Waals surface area contributed by atoms with Crippen molar-refractivity contribution in [1.82, 2.24) is 9.80 Å². The van der Waals surface area contributed by atoms with Gasteiger partial charge in [-0.05, 0) is 104 Å². The van der Waals surface area contributed by atoms with E-state index in [9.17, 15) is 9.90 Å². The molecule has 6 atom stereocenters. The van der Waals surface area contributed by atoms with Crippen molar-refractivity contribution in [1.29, 1.82) is 0 Å². The smallest absolute Gasteiger partial charge is 0.335 e. The predicted molar refractivity (Wildman–Crippen MR) is 137 cm³/mol. The van der Waals surface area contributed by atoms with Crippen LogP contribution in [0.15, 0.2) is 48.5 Å². The summed E-state index contributed by atoms with van der Waals surface area (Å²) < 4.78 is 16.6. The fourth-order valence-electron chi connectivity index (χ4n) is 9.63. The number of carbonyl (C=O) groups is 1. The number of piperidine rings is 1. The highest BCUT2D eigenvalue weighted by Gasteiger charge is 2.76. The topological polar surface area (TPSA) is 77.9 Å². The predicted octanol–water partition coefficient (Wildman–Crippen LogP) is 3.94. The van der Waals surface area contributed by atoms with Crippen molar-refractivity contribution >= 4 is 17.5 Å². The second-order valence-electron chi connectivity index (χ2n) is 11.5. The molecule has 7 heteroatoms. The van der Waals surface area contributed by atoms with Crippen LogP contribution in [0.1, 0.15) is 60.5 Å². The van der Waals surface area contributed by atoms with Crippen LogP contribution in [-0.2, 0) is 23.4 Å². The first-order chi connectivity index (χ1) is 17.5. The number of carbonyl (C=O) groups excluding carboxylic acids is 1. The van der Waals surface area contributed by atoms with Crippen LogP contribution in [0.2, 0.25) is 0 Å². The van der Waals surface area contributed by atoms with Gasteiger partial charge in [-0.1, -0.05) is 31.2 Å². The summed E-state index contributed by atoms with van der Waals surface area (Å²) in [7, 11) is 0. The molecule has 1 amide bonds. The maximum atomic E-state index is 13.6. The molecule has 4 bridgehead atoms. The molecule has 7 rings (SSSR count). The standard InChI is InChI=1S/C29H34N2O2.O2S/c1-2-13-30-14-12-29-23-16-22(32)9-8-20(23)15-25(30)28(29)11-10-24-26(29)21(17-28)18-31(24)27(33)19-6-4-3-5-7-19;1-3-2/h3-9,16,21,24-26,32H,2,10-15,17-18H2,1H3;/t21-,24?,25?,26?,28?,29?;/m1./s1. The molecule has 5 aliphatic rings. The Bertz CT molecular complexity index is 1220. The first-order valence-corrected chi connectivity index (χ1v) is 14.0. The van der Waals surface area contributed by atoms with Crippen molar-refractivity contribution in [2.75, 3.05) is 19.6 Å². The maximum absolute atomic E-state index is 13.6. The molecular weight excluding hydrogens is 472 g/mol. The van der Waals surface area contributed by atoms with Crippen LogP contribution in [0.4, 0.5) is 0 Å². The molecule has 2 saturated heterocycles.